The lowest BCUT2D eigenvalue weighted by atomic mass is 9.54. The lowest BCUT2D eigenvalue weighted by Crippen LogP contribution is -2.43. The number of rotatable bonds is 9. The molecule has 20 aromatic carbocycles. The molecule has 0 fully saturated rings. The zero-order valence-electron chi connectivity index (χ0n) is 81.1. The van der Waals surface area contributed by atoms with E-state index in [-0.39, 0.29) is 32.5 Å². The molecule has 0 spiro atoms. The Kier molecular flexibility index (Phi) is 19.8. The summed E-state index contributed by atoms with van der Waals surface area (Å²) in [5.41, 5.74) is 27.7. The van der Waals surface area contributed by atoms with Crippen molar-refractivity contribution in [3.8, 4) is 102 Å². The van der Waals surface area contributed by atoms with Crippen LogP contribution in [-0.2, 0) is 32.5 Å². The molecule has 0 saturated carbocycles. The van der Waals surface area contributed by atoms with Crippen molar-refractivity contribution < 1.29 is 8.83 Å². The standard InChI is InChI=1S/C47H35N3O.C44H35NO.C41H33N3/c1-46(2)38-26-31(23-24-33(38)37-25-30-22-21-28-13-8-9-16-32(28)36(30)27-39(37)47(46,3)4)44-48-43(29-14-6-5-7-15-29)49-45(50-44)35-18-12-20-41-42(35)34-17-10-11-19-40(34)51-41;1-43(2)39-26-30(45(29-13-6-5-7-14-29)31-20-23-36-35-16-10-11-17-40(35)46-41(36)27-31)19-22-34(39)38-25-24-33-32-15-9-8-12-28(32)18-21-37(33)42(38)44(43,3)4;1-40(2)35-24-30(39-43-37(27-14-7-5-8-15-27)42-38(44-39)28-16-9-6-10-17-28)21-22-32(35)34-23-29-20-19-26-13-11-12-18-31(26)33(29)25-36(34)41(40,3)4/h5-27H,1-4H3;5-27H,1-4H3;5-25H,1-4H3. The number of hydrogen-bond donors (Lipinski definition) is 0. The maximum absolute atomic E-state index is 6.34. The van der Waals surface area contributed by atoms with Crippen LogP contribution in [0.1, 0.15) is 116 Å². The number of hydrogen-bond acceptors (Lipinski definition) is 9. The van der Waals surface area contributed by atoms with Crippen LogP contribution in [0.5, 0.6) is 0 Å². The van der Waals surface area contributed by atoms with Crippen molar-refractivity contribution in [1.82, 2.24) is 29.9 Å². The lowest BCUT2D eigenvalue weighted by Gasteiger charge is -2.49. The highest BCUT2D eigenvalue weighted by atomic mass is 16.3. The Balaban J connectivity index is 0.000000112. The molecule has 0 radical (unpaired) electrons. The van der Waals surface area contributed by atoms with E-state index in [1.807, 2.05) is 97.1 Å². The normalized spacial score (nSPS) is 14.7. The van der Waals surface area contributed by atoms with Crippen molar-refractivity contribution >= 4 is 126 Å². The van der Waals surface area contributed by atoms with Crippen molar-refractivity contribution in [2.75, 3.05) is 4.90 Å². The fourth-order valence-electron chi connectivity index (χ4n) is 23.0. The molecule has 9 heteroatoms. The number of aromatic nitrogens is 6. The molecule has 0 unspecified atom stereocenters. The van der Waals surface area contributed by atoms with Crippen molar-refractivity contribution in [3.05, 3.63) is 440 Å². The molecule has 24 aromatic rings. The molecule has 0 N–H and O–H groups in total. The van der Waals surface area contributed by atoms with Crippen LogP contribution in [0.3, 0.4) is 0 Å². The molecule has 0 atom stereocenters. The minimum Gasteiger partial charge on any atom is -0.456 e. The number of benzene rings is 20. The van der Waals surface area contributed by atoms with E-state index in [0.717, 1.165) is 94.3 Å². The Morgan fingerprint density at radius 3 is 1.04 bits per heavy atom. The van der Waals surface area contributed by atoms with Crippen LogP contribution in [0.15, 0.2) is 415 Å². The van der Waals surface area contributed by atoms with E-state index in [0.29, 0.717) is 34.9 Å². The third-order valence-electron chi connectivity index (χ3n) is 32.7. The van der Waals surface area contributed by atoms with E-state index >= 15 is 0 Å². The molecule has 0 bridgehead atoms. The maximum Gasteiger partial charge on any atom is 0.164 e. The SMILES string of the molecule is CC1(C)c2cc(-c3nc(-c4ccccc4)nc(-c4cccc5oc6ccccc6c45)n3)ccc2-c2cc3ccc4ccccc4c3cc2C1(C)C.CC1(C)c2cc(-c3nc(-c4ccccc4)nc(-c4ccccc4)n3)ccc2-c2cc3ccc4ccccc4c3cc2C1(C)C.CC1(C)c2cc(N(c3ccccc3)c3ccc4c(c3)oc3ccccc34)ccc2-c2ccc3c(ccc4ccccc43)c2C1(C)C. The van der Waals surface area contributed by atoms with Gasteiger partial charge in [-0.2, -0.15) is 0 Å². The zero-order chi connectivity index (χ0) is 95.7. The molecular weight excluding hydrogens is 1720 g/mol. The lowest BCUT2D eigenvalue weighted by molar-refractivity contribution is 0.299. The third kappa shape index (κ3) is 13.8. The number of nitrogens with zero attached hydrogens (tertiary/aromatic N) is 7. The van der Waals surface area contributed by atoms with E-state index in [9.17, 15) is 0 Å². The Hall–Kier alpha value is -16.6. The van der Waals surface area contributed by atoms with Gasteiger partial charge in [-0.15, -0.1) is 0 Å². The van der Waals surface area contributed by atoms with Gasteiger partial charge in [-0.05, 0) is 249 Å². The van der Waals surface area contributed by atoms with Gasteiger partial charge in [0.1, 0.15) is 22.3 Å². The van der Waals surface area contributed by atoms with Gasteiger partial charge in [-0.25, -0.2) is 29.9 Å². The van der Waals surface area contributed by atoms with Crippen LogP contribution in [0.25, 0.3) is 210 Å². The van der Waals surface area contributed by atoms with Crippen LogP contribution in [0.2, 0.25) is 0 Å². The first-order valence-electron chi connectivity index (χ1n) is 49.1. The molecule has 141 heavy (non-hydrogen) atoms. The number of para-hydroxylation sites is 3. The highest BCUT2D eigenvalue weighted by Gasteiger charge is 2.50. The predicted molar refractivity (Wildman–Crippen MR) is 587 cm³/mol. The van der Waals surface area contributed by atoms with Gasteiger partial charge in [0.05, 0.1) is 0 Å². The van der Waals surface area contributed by atoms with Gasteiger partial charge in [-0.3, -0.25) is 0 Å². The van der Waals surface area contributed by atoms with E-state index < -0.39 is 0 Å². The molecule has 3 aliphatic rings. The summed E-state index contributed by atoms with van der Waals surface area (Å²) < 4.78 is 12.6. The largest absolute Gasteiger partial charge is 0.456 e. The monoisotopic (exact) mass is 1820 g/mol. The second kappa shape index (κ2) is 32.5. The smallest absolute Gasteiger partial charge is 0.164 e. The fourth-order valence-corrected chi connectivity index (χ4v) is 23.0. The average Bonchev–Trinajstić information content (AvgIpc) is 0.807. The van der Waals surface area contributed by atoms with Gasteiger partial charge in [0.2, 0.25) is 0 Å². The molecular formula is C132H103N7O2. The minimum absolute atomic E-state index is 0.122. The second-order valence-electron chi connectivity index (χ2n) is 41.6. The summed E-state index contributed by atoms with van der Waals surface area (Å²) in [6, 6.07) is 145. The van der Waals surface area contributed by atoms with Gasteiger partial charge >= 0.3 is 0 Å². The molecule has 27 rings (SSSR count). The van der Waals surface area contributed by atoms with Gasteiger partial charge in [0.25, 0.3) is 0 Å². The molecule has 678 valence electrons. The van der Waals surface area contributed by atoms with Gasteiger partial charge < -0.3 is 13.7 Å². The second-order valence-corrected chi connectivity index (χ2v) is 41.6. The summed E-state index contributed by atoms with van der Waals surface area (Å²) in [5, 5.41) is 19.9. The third-order valence-corrected chi connectivity index (χ3v) is 32.7. The Labute approximate surface area is 820 Å². The molecule has 3 aliphatic carbocycles. The fraction of sp³-hybridized carbons (Fsp3) is 0.136. The van der Waals surface area contributed by atoms with Crippen LogP contribution < -0.4 is 4.90 Å². The van der Waals surface area contributed by atoms with Gasteiger partial charge in [-0.1, -0.05) is 392 Å². The summed E-state index contributed by atoms with van der Waals surface area (Å²) in [6.45, 7) is 28.8. The quantitative estimate of drug-likeness (QED) is 0.131. The molecule has 0 aliphatic heterocycles. The Morgan fingerprint density at radius 2 is 0.518 bits per heavy atom. The average molecular weight is 1820 g/mol. The highest BCUT2D eigenvalue weighted by molar-refractivity contribution is 6.15. The van der Waals surface area contributed by atoms with Gasteiger partial charge in [0, 0.05) is 83.5 Å². The van der Waals surface area contributed by atoms with Crippen LogP contribution in [0, 0.1) is 0 Å². The van der Waals surface area contributed by atoms with Crippen LogP contribution in [0.4, 0.5) is 17.1 Å². The summed E-state index contributed by atoms with van der Waals surface area (Å²) in [7, 11) is 0. The first kappa shape index (κ1) is 86.0. The summed E-state index contributed by atoms with van der Waals surface area (Å²) in [4.78, 5) is 32.7. The Morgan fingerprint density at radius 1 is 0.177 bits per heavy atom. The first-order chi connectivity index (χ1) is 68.4. The highest BCUT2D eigenvalue weighted by Crippen LogP contribution is 2.61. The van der Waals surface area contributed by atoms with Crippen molar-refractivity contribution in [1.29, 1.82) is 0 Å². The molecule has 0 amide bonds. The minimum atomic E-state index is -0.191. The van der Waals surface area contributed by atoms with Crippen LogP contribution >= 0.6 is 0 Å². The molecule has 4 heterocycles. The molecule has 0 saturated heterocycles. The predicted octanol–water partition coefficient (Wildman–Crippen LogP) is 35.3. The Bertz CT molecular complexity index is 9190. The number of furan rings is 2. The van der Waals surface area contributed by atoms with Crippen LogP contribution in [-0.4, -0.2) is 29.9 Å². The first-order valence-corrected chi connectivity index (χ1v) is 49.1. The molecule has 4 aromatic heterocycles. The number of fused-ring (bicyclic) bond motifs is 25. The van der Waals surface area contributed by atoms with Crippen molar-refractivity contribution in [2.24, 2.45) is 0 Å². The van der Waals surface area contributed by atoms with E-state index in [4.69, 9.17) is 38.7 Å². The molecule has 9 nitrogen and oxygen atoms in total. The zero-order valence-corrected chi connectivity index (χ0v) is 81.1. The van der Waals surface area contributed by atoms with Crippen molar-refractivity contribution in [3.63, 3.8) is 0 Å². The summed E-state index contributed by atoms with van der Waals surface area (Å²) in [6.07, 6.45) is 0. The topological polar surface area (TPSA) is 107 Å². The van der Waals surface area contributed by atoms with E-state index in [1.54, 1.807) is 0 Å². The van der Waals surface area contributed by atoms with E-state index in [1.165, 1.54) is 131 Å². The maximum atomic E-state index is 6.34. The van der Waals surface area contributed by atoms with Gasteiger partial charge in [0.15, 0.2) is 34.9 Å². The van der Waals surface area contributed by atoms with E-state index in [2.05, 4.69) is 397 Å². The number of anilines is 3. The summed E-state index contributed by atoms with van der Waals surface area (Å²) >= 11 is 0. The summed E-state index contributed by atoms with van der Waals surface area (Å²) in [5.74, 6) is 3.95. The van der Waals surface area contributed by atoms with Crippen molar-refractivity contribution in [2.45, 2.75) is 116 Å².